The first-order valence-corrected chi connectivity index (χ1v) is 9.00. The zero-order valence-corrected chi connectivity index (χ0v) is 14.4. The summed E-state index contributed by atoms with van der Waals surface area (Å²) in [6.45, 7) is 3.21. The van der Waals surface area contributed by atoms with Crippen molar-refractivity contribution < 1.29 is 27.4 Å². The van der Waals surface area contributed by atoms with Gasteiger partial charge in [-0.3, -0.25) is 0 Å². The molecule has 130 valence electrons. The second kappa shape index (κ2) is 7.85. The predicted octanol–water partition coefficient (Wildman–Crippen LogP) is 1.31. The van der Waals surface area contributed by atoms with E-state index in [2.05, 4.69) is 4.72 Å². The van der Waals surface area contributed by atoms with E-state index in [1.54, 1.807) is 12.1 Å². The summed E-state index contributed by atoms with van der Waals surface area (Å²) in [5, 5.41) is -0.492. The highest BCUT2D eigenvalue weighted by Crippen LogP contribution is 2.38. The van der Waals surface area contributed by atoms with Crippen LogP contribution < -0.4 is 18.9 Å². The minimum atomic E-state index is -3.41. The van der Waals surface area contributed by atoms with Crippen molar-refractivity contribution >= 4 is 10.0 Å². The molecular formula is C15H23NO6S. The molecule has 1 heterocycles. The van der Waals surface area contributed by atoms with Crippen LogP contribution in [0.3, 0.4) is 0 Å². The number of benzene rings is 1. The Morgan fingerprint density at radius 2 is 1.91 bits per heavy atom. The second-order valence-corrected chi connectivity index (χ2v) is 7.16. The minimum Gasteiger partial charge on any atom is -0.493 e. The molecule has 0 aromatic heterocycles. The van der Waals surface area contributed by atoms with E-state index in [9.17, 15) is 8.42 Å². The first kappa shape index (κ1) is 17.8. The SMILES string of the molecule is CCOc1c(OC)cc(CNS(=O)(=O)C2CCOC2)cc1OC. The van der Waals surface area contributed by atoms with Crippen molar-refractivity contribution in [2.45, 2.75) is 25.1 Å². The summed E-state index contributed by atoms with van der Waals surface area (Å²) in [5.41, 5.74) is 0.727. The van der Waals surface area contributed by atoms with E-state index in [1.807, 2.05) is 6.92 Å². The Morgan fingerprint density at radius 3 is 2.39 bits per heavy atom. The molecule has 23 heavy (non-hydrogen) atoms. The standard InChI is InChI=1S/C15H23NO6S/c1-4-22-15-13(19-2)7-11(8-14(15)20-3)9-16-23(17,18)12-5-6-21-10-12/h7-8,12,16H,4-6,9-10H2,1-3H3. The Labute approximate surface area is 136 Å². The van der Waals surface area contributed by atoms with Gasteiger partial charge in [-0.25, -0.2) is 13.1 Å². The number of hydrogen-bond acceptors (Lipinski definition) is 6. The van der Waals surface area contributed by atoms with Gasteiger partial charge < -0.3 is 18.9 Å². The third-order valence-electron chi connectivity index (χ3n) is 3.61. The summed E-state index contributed by atoms with van der Waals surface area (Å²) in [4.78, 5) is 0. The second-order valence-electron chi connectivity index (χ2n) is 5.11. The Balaban J connectivity index is 2.16. The molecule has 0 radical (unpaired) electrons. The molecule has 1 unspecified atom stereocenters. The van der Waals surface area contributed by atoms with Gasteiger partial charge in [-0.05, 0) is 31.0 Å². The molecule has 1 aliphatic heterocycles. The van der Waals surface area contributed by atoms with Crippen LogP contribution in [0.4, 0.5) is 0 Å². The molecule has 2 rings (SSSR count). The van der Waals surface area contributed by atoms with E-state index in [0.29, 0.717) is 36.9 Å². The summed E-state index contributed by atoms with van der Waals surface area (Å²) in [7, 11) is -0.348. The largest absolute Gasteiger partial charge is 0.493 e. The molecule has 0 aliphatic carbocycles. The molecule has 1 aromatic carbocycles. The number of rotatable bonds is 8. The highest BCUT2D eigenvalue weighted by molar-refractivity contribution is 7.90. The molecule has 1 aliphatic rings. The highest BCUT2D eigenvalue weighted by Gasteiger charge is 2.29. The van der Waals surface area contributed by atoms with E-state index in [0.717, 1.165) is 5.56 Å². The molecule has 0 saturated carbocycles. The van der Waals surface area contributed by atoms with Gasteiger partial charge in [-0.15, -0.1) is 0 Å². The number of ether oxygens (including phenoxy) is 4. The van der Waals surface area contributed by atoms with Crippen LogP contribution in [0.25, 0.3) is 0 Å². The zero-order valence-electron chi connectivity index (χ0n) is 13.6. The van der Waals surface area contributed by atoms with Gasteiger partial charge in [0.05, 0.1) is 27.4 Å². The zero-order chi connectivity index (χ0) is 16.9. The highest BCUT2D eigenvalue weighted by atomic mass is 32.2. The fraction of sp³-hybridized carbons (Fsp3) is 0.600. The molecule has 1 saturated heterocycles. The van der Waals surface area contributed by atoms with Gasteiger partial charge in [0, 0.05) is 13.2 Å². The van der Waals surface area contributed by atoms with Crippen LogP contribution in [-0.2, 0) is 21.3 Å². The lowest BCUT2D eigenvalue weighted by atomic mass is 10.2. The summed E-state index contributed by atoms with van der Waals surface area (Å²) >= 11 is 0. The van der Waals surface area contributed by atoms with Gasteiger partial charge in [0.15, 0.2) is 11.5 Å². The van der Waals surface area contributed by atoms with Crippen molar-refractivity contribution in [2.24, 2.45) is 0 Å². The number of methoxy groups -OCH3 is 2. The molecule has 1 atom stereocenters. The van der Waals surface area contributed by atoms with E-state index >= 15 is 0 Å². The van der Waals surface area contributed by atoms with Gasteiger partial charge in [0.2, 0.25) is 15.8 Å². The van der Waals surface area contributed by atoms with Gasteiger partial charge >= 0.3 is 0 Å². The van der Waals surface area contributed by atoms with Gasteiger partial charge in [0.25, 0.3) is 0 Å². The van der Waals surface area contributed by atoms with E-state index in [-0.39, 0.29) is 13.2 Å². The maximum absolute atomic E-state index is 12.2. The molecule has 7 nitrogen and oxygen atoms in total. The molecule has 8 heteroatoms. The van der Waals surface area contributed by atoms with Gasteiger partial charge in [0.1, 0.15) is 5.25 Å². The van der Waals surface area contributed by atoms with Crippen LogP contribution >= 0.6 is 0 Å². The lowest BCUT2D eigenvalue weighted by Crippen LogP contribution is -2.34. The first-order chi connectivity index (χ1) is 11.0. The summed E-state index contributed by atoms with van der Waals surface area (Å²) in [6.07, 6.45) is 0.519. The van der Waals surface area contributed by atoms with Crippen molar-refractivity contribution in [3.05, 3.63) is 17.7 Å². The summed E-state index contributed by atoms with van der Waals surface area (Å²) in [5.74, 6) is 1.52. The number of sulfonamides is 1. The number of hydrogen-bond donors (Lipinski definition) is 1. The summed E-state index contributed by atoms with van der Waals surface area (Å²) < 4.78 is 48.3. The van der Waals surface area contributed by atoms with Crippen LogP contribution in [0.1, 0.15) is 18.9 Å². The van der Waals surface area contributed by atoms with Gasteiger partial charge in [-0.2, -0.15) is 0 Å². The normalized spacial score (nSPS) is 18.0. The smallest absolute Gasteiger partial charge is 0.217 e. The minimum absolute atomic E-state index is 0.151. The first-order valence-electron chi connectivity index (χ1n) is 7.45. The monoisotopic (exact) mass is 345 g/mol. The van der Waals surface area contributed by atoms with Crippen LogP contribution in [0.5, 0.6) is 17.2 Å². The van der Waals surface area contributed by atoms with Gasteiger partial charge in [-0.1, -0.05) is 0 Å². The number of nitrogens with one attached hydrogen (secondary N) is 1. The fourth-order valence-electron chi connectivity index (χ4n) is 2.38. The fourth-order valence-corrected chi connectivity index (χ4v) is 3.67. The Hall–Kier alpha value is -1.51. The lowest BCUT2D eigenvalue weighted by molar-refractivity contribution is 0.198. The quantitative estimate of drug-likeness (QED) is 0.765. The average Bonchev–Trinajstić information content (AvgIpc) is 3.09. The molecular weight excluding hydrogens is 322 g/mol. The molecule has 0 bridgehead atoms. The average molecular weight is 345 g/mol. The van der Waals surface area contributed by atoms with Crippen molar-refractivity contribution in [3.8, 4) is 17.2 Å². The Bertz CT molecular complexity index is 600. The maximum Gasteiger partial charge on any atom is 0.217 e. The van der Waals surface area contributed by atoms with E-state index in [1.165, 1.54) is 14.2 Å². The van der Waals surface area contributed by atoms with Crippen LogP contribution in [0.15, 0.2) is 12.1 Å². The molecule has 1 aromatic rings. The van der Waals surface area contributed by atoms with Crippen molar-refractivity contribution in [2.75, 3.05) is 34.0 Å². The molecule has 0 amide bonds. The maximum atomic E-state index is 12.2. The van der Waals surface area contributed by atoms with Crippen LogP contribution in [0, 0.1) is 0 Å². The molecule has 1 fully saturated rings. The van der Waals surface area contributed by atoms with E-state index in [4.69, 9.17) is 18.9 Å². The topological polar surface area (TPSA) is 83.1 Å². The van der Waals surface area contributed by atoms with Crippen LogP contribution in [0.2, 0.25) is 0 Å². The lowest BCUT2D eigenvalue weighted by Gasteiger charge is -2.16. The Morgan fingerprint density at radius 1 is 1.26 bits per heavy atom. The summed E-state index contributed by atoms with van der Waals surface area (Å²) in [6, 6.07) is 3.47. The van der Waals surface area contributed by atoms with Crippen molar-refractivity contribution in [1.82, 2.24) is 4.72 Å². The third-order valence-corrected chi connectivity index (χ3v) is 5.41. The third kappa shape index (κ3) is 4.27. The molecule has 0 spiro atoms. The van der Waals surface area contributed by atoms with E-state index < -0.39 is 15.3 Å². The molecule has 1 N–H and O–H groups in total. The van der Waals surface area contributed by atoms with Crippen molar-refractivity contribution in [3.63, 3.8) is 0 Å². The predicted molar refractivity (Wildman–Crippen MR) is 85.7 cm³/mol. The Kier molecular flexibility index (Phi) is 6.09. The van der Waals surface area contributed by atoms with Crippen molar-refractivity contribution in [1.29, 1.82) is 0 Å². The van der Waals surface area contributed by atoms with Crippen LogP contribution in [-0.4, -0.2) is 47.7 Å².